The molecule has 0 fully saturated rings. The van der Waals surface area contributed by atoms with Crippen LogP contribution < -0.4 is 9.47 Å². The Kier molecular flexibility index (Phi) is 6.30. The summed E-state index contributed by atoms with van der Waals surface area (Å²) < 4.78 is 11.0. The fraction of sp³-hybridized carbons (Fsp3) is 0.435. The Morgan fingerprint density at radius 3 is 2.64 bits per heavy atom. The molecule has 146 valence electrons. The van der Waals surface area contributed by atoms with Crippen LogP contribution in [0.1, 0.15) is 69.7 Å². The van der Waals surface area contributed by atoms with Gasteiger partial charge in [0, 0.05) is 29.0 Å². The van der Waals surface area contributed by atoms with Crippen LogP contribution in [0.5, 0.6) is 11.6 Å². The van der Waals surface area contributed by atoms with Crippen molar-refractivity contribution in [1.82, 2.24) is 10.2 Å². The van der Waals surface area contributed by atoms with Gasteiger partial charge in [0.1, 0.15) is 11.4 Å². The SMILES string of the molecule is CCCC(=O)Oc1ccc(C#Cc2ccc3c(c2)C(CC)(CC)CCO3)nn1. The normalized spacial score (nSPS) is 14.2. The monoisotopic (exact) mass is 378 g/mol. The van der Waals surface area contributed by atoms with E-state index in [1.54, 1.807) is 12.1 Å². The molecular formula is C23H26N2O3. The molecule has 1 aromatic heterocycles. The molecule has 28 heavy (non-hydrogen) atoms. The summed E-state index contributed by atoms with van der Waals surface area (Å²) in [6.07, 6.45) is 4.30. The molecule has 5 nitrogen and oxygen atoms in total. The highest BCUT2D eigenvalue weighted by molar-refractivity contribution is 5.71. The van der Waals surface area contributed by atoms with Gasteiger partial charge in [-0.25, -0.2) is 0 Å². The minimum absolute atomic E-state index is 0.162. The van der Waals surface area contributed by atoms with Crippen LogP contribution in [-0.2, 0) is 10.2 Å². The van der Waals surface area contributed by atoms with Crippen molar-refractivity contribution >= 4 is 5.97 Å². The van der Waals surface area contributed by atoms with Crippen molar-refractivity contribution in [2.75, 3.05) is 6.61 Å². The summed E-state index contributed by atoms with van der Waals surface area (Å²) in [7, 11) is 0. The third-order valence-corrected chi connectivity index (χ3v) is 5.39. The van der Waals surface area contributed by atoms with E-state index in [1.165, 1.54) is 5.56 Å². The second-order valence-corrected chi connectivity index (χ2v) is 7.03. The first-order chi connectivity index (χ1) is 13.6. The summed E-state index contributed by atoms with van der Waals surface area (Å²) in [5, 5.41) is 7.95. The highest BCUT2D eigenvalue weighted by Crippen LogP contribution is 2.43. The Bertz CT molecular complexity index is 890. The van der Waals surface area contributed by atoms with Crippen LogP contribution in [0.3, 0.4) is 0 Å². The number of hydrogen-bond donors (Lipinski definition) is 0. The molecule has 0 spiro atoms. The molecule has 5 heteroatoms. The zero-order chi connectivity index (χ0) is 20.0. The number of hydrogen-bond acceptors (Lipinski definition) is 5. The highest BCUT2D eigenvalue weighted by atomic mass is 16.5. The van der Waals surface area contributed by atoms with Crippen molar-refractivity contribution in [2.45, 2.75) is 58.3 Å². The van der Waals surface area contributed by atoms with E-state index in [0.29, 0.717) is 12.1 Å². The third kappa shape index (κ3) is 4.33. The largest absolute Gasteiger partial charge is 0.493 e. The third-order valence-electron chi connectivity index (χ3n) is 5.39. The molecule has 1 aliphatic rings. The molecule has 3 rings (SSSR count). The fourth-order valence-corrected chi connectivity index (χ4v) is 3.57. The molecule has 0 N–H and O–H groups in total. The number of nitrogens with zero attached hydrogens (tertiary/aromatic N) is 2. The number of aromatic nitrogens is 2. The second-order valence-electron chi connectivity index (χ2n) is 7.03. The predicted molar refractivity (Wildman–Crippen MR) is 107 cm³/mol. The van der Waals surface area contributed by atoms with Gasteiger partial charge in [0.05, 0.1) is 6.61 Å². The quantitative estimate of drug-likeness (QED) is 0.569. The lowest BCUT2D eigenvalue weighted by atomic mass is 9.71. The minimum atomic E-state index is -0.303. The number of carbonyl (C=O) groups excluding carboxylic acids is 1. The maximum Gasteiger partial charge on any atom is 0.312 e. The highest BCUT2D eigenvalue weighted by Gasteiger charge is 2.34. The topological polar surface area (TPSA) is 61.3 Å². The molecule has 1 aliphatic heterocycles. The standard InChI is InChI=1S/C23H26N2O3/c1-4-7-22(26)28-21-13-11-18(24-25-21)10-8-17-9-12-20-19(16-17)23(5-2,6-3)14-15-27-20/h9,11-13,16H,4-7,14-15H2,1-3H3. The van der Waals surface area contributed by atoms with Crippen LogP contribution in [0.25, 0.3) is 0 Å². The number of benzene rings is 1. The molecule has 0 unspecified atom stereocenters. The van der Waals surface area contributed by atoms with E-state index in [4.69, 9.17) is 9.47 Å². The number of esters is 1. The van der Waals surface area contributed by atoms with E-state index in [1.807, 2.05) is 19.1 Å². The van der Waals surface area contributed by atoms with E-state index in [2.05, 4.69) is 42.0 Å². The van der Waals surface area contributed by atoms with Gasteiger partial charge in [-0.2, -0.15) is 0 Å². The first-order valence-corrected chi connectivity index (χ1v) is 9.94. The van der Waals surface area contributed by atoms with E-state index in [9.17, 15) is 4.79 Å². The Balaban J connectivity index is 1.78. The van der Waals surface area contributed by atoms with E-state index in [0.717, 1.165) is 43.6 Å². The Labute approximate surface area is 166 Å². The summed E-state index contributed by atoms with van der Waals surface area (Å²) in [6, 6.07) is 9.45. The zero-order valence-corrected chi connectivity index (χ0v) is 16.7. The first kappa shape index (κ1) is 19.9. The Hall–Kier alpha value is -2.87. The number of rotatable bonds is 5. The zero-order valence-electron chi connectivity index (χ0n) is 16.7. The maximum absolute atomic E-state index is 11.5. The molecule has 0 saturated carbocycles. The van der Waals surface area contributed by atoms with E-state index in [-0.39, 0.29) is 17.3 Å². The van der Waals surface area contributed by atoms with Crippen molar-refractivity contribution in [1.29, 1.82) is 0 Å². The average molecular weight is 378 g/mol. The molecule has 2 aromatic rings. The van der Waals surface area contributed by atoms with Crippen LogP contribution >= 0.6 is 0 Å². The Morgan fingerprint density at radius 1 is 1.14 bits per heavy atom. The van der Waals surface area contributed by atoms with Crippen molar-refractivity contribution in [2.24, 2.45) is 0 Å². The second kappa shape index (κ2) is 8.88. The molecule has 0 saturated heterocycles. The van der Waals surface area contributed by atoms with Crippen molar-refractivity contribution in [3.8, 4) is 23.5 Å². The predicted octanol–water partition coefficient (Wildman–Crippen LogP) is 4.42. The van der Waals surface area contributed by atoms with Gasteiger partial charge < -0.3 is 9.47 Å². The van der Waals surface area contributed by atoms with E-state index >= 15 is 0 Å². The molecular weight excluding hydrogens is 352 g/mol. The number of fused-ring (bicyclic) bond motifs is 1. The average Bonchev–Trinajstić information content (AvgIpc) is 2.73. The lowest BCUT2D eigenvalue weighted by molar-refractivity contribution is -0.134. The maximum atomic E-state index is 11.5. The van der Waals surface area contributed by atoms with Gasteiger partial charge >= 0.3 is 5.97 Å². The summed E-state index contributed by atoms with van der Waals surface area (Å²) in [5.41, 5.74) is 2.87. The van der Waals surface area contributed by atoms with Gasteiger partial charge in [0.2, 0.25) is 5.88 Å². The molecule has 0 atom stereocenters. The summed E-state index contributed by atoms with van der Waals surface area (Å²) in [6.45, 7) is 7.16. The minimum Gasteiger partial charge on any atom is -0.493 e. The van der Waals surface area contributed by atoms with Gasteiger partial charge in [-0.1, -0.05) is 26.7 Å². The lowest BCUT2D eigenvalue weighted by Gasteiger charge is -2.37. The van der Waals surface area contributed by atoms with E-state index < -0.39 is 0 Å². The number of carbonyl (C=O) groups is 1. The smallest absolute Gasteiger partial charge is 0.312 e. The molecule has 0 bridgehead atoms. The number of ether oxygens (including phenoxy) is 2. The van der Waals surface area contributed by atoms with Gasteiger partial charge in [-0.3, -0.25) is 4.79 Å². The molecule has 0 radical (unpaired) electrons. The Morgan fingerprint density at radius 2 is 1.96 bits per heavy atom. The van der Waals surface area contributed by atoms with Crippen LogP contribution in [0.4, 0.5) is 0 Å². The molecule has 1 aromatic carbocycles. The van der Waals surface area contributed by atoms with Crippen molar-refractivity contribution in [3.63, 3.8) is 0 Å². The van der Waals surface area contributed by atoms with Gasteiger partial charge in [0.25, 0.3) is 0 Å². The van der Waals surface area contributed by atoms with Crippen LogP contribution in [-0.4, -0.2) is 22.8 Å². The first-order valence-electron chi connectivity index (χ1n) is 9.94. The molecule has 0 amide bonds. The molecule has 0 aliphatic carbocycles. The summed E-state index contributed by atoms with van der Waals surface area (Å²) in [5.74, 6) is 7.06. The van der Waals surface area contributed by atoms with Gasteiger partial charge in [-0.05, 0) is 55.9 Å². The van der Waals surface area contributed by atoms with Crippen LogP contribution in [0.15, 0.2) is 30.3 Å². The van der Waals surface area contributed by atoms with Gasteiger partial charge in [0.15, 0.2) is 0 Å². The van der Waals surface area contributed by atoms with Crippen LogP contribution in [0, 0.1) is 11.8 Å². The van der Waals surface area contributed by atoms with Crippen molar-refractivity contribution in [3.05, 3.63) is 47.2 Å². The van der Waals surface area contributed by atoms with Crippen LogP contribution in [0.2, 0.25) is 0 Å². The van der Waals surface area contributed by atoms with Crippen molar-refractivity contribution < 1.29 is 14.3 Å². The lowest BCUT2D eigenvalue weighted by Crippen LogP contribution is -2.31. The fourth-order valence-electron chi connectivity index (χ4n) is 3.57. The van der Waals surface area contributed by atoms with Gasteiger partial charge in [-0.15, -0.1) is 10.2 Å². The summed E-state index contributed by atoms with van der Waals surface area (Å²) >= 11 is 0. The molecule has 2 heterocycles. The summed E-state index contributed by atoms with van der Waals surface area (Å²) in [4.78, 5) is 11.5.